The van der Waals surface area contributed by atoms with Crippen LogP contribution in [0.1, 0.15) is 63.0 Å². The monoisotopic (exact) mass is 259 g/mol. The average Bonchev–Trinajstić information content (AvgIpc) is 2.66. The molecule has 0 unspecified atom stereocenters. The lowest BCUT2D eigenvalue weighted by atomic mass is 9.74. The molecule has 0 aliphatic heterocycles. The molecule has 1 aliphatic rings. The van der Waals surface area contributed by atoms with Gasteiger partial charge in [0, 0.05) is 12.0 Å². The van der Waals surface area contributed by atoms with Gasteiger partial charge in [-0.15, -0.1) is 0 Å². The minimum Gasteiger partial charge on any atom is -0.316 e. The lowest BCUT2D eigenvalue weighted by molar-refractivity contribution is 0.348. The molecule has 0 aromatic heterocycles. The zero-order valence-electron chi connectivity index (χ0n) is 12.7. The molecule has 1 nitrogen and oxygen atoms in total. The van der Waals surface area contributed by atoms with Crippen molar-refractivity contribution in [1.82, 2.24) is 5.32 Å². The SMILES string of the molecule is CCCNCC1(c2cccc(C)c2)CCCCCC1. The van der Waals surface area contributed by atoms with Crippen molar-refractivity contribution < 1.29 is 0 Å². The van der Waals surface area contributed by atoms with E-state index in [1.54, 1.807) is 5.56 Å². The van der Waals surface area contributed by atoms with Gasteiger partial charge in [-0.3, -0.25) is 0 Å². The van der Waals surface area contributed by atoms with Crippen molar-refractivity contribution in [2.24, 2.45) is 0 Å². The molecule has 2 rings (SSSR count). The smallest absolute Gasteiger partial charge is 0.00778 e. The second kappa shape index (κ2) is 7.09. The first kappa shape index (κ1) is 14.6. The van der Waals surface area contributed by atoms with E-state index in [2.05, 4.69) is 43.4 Å². The van der Waals surface area contributed by atoms with Gasteiger partial charge in [-0.1, -0.05) is 62.4 Å². The average molecular weight is 259 g/mol. The highest BCUT2D eigenvalue weighted by Crippen LogP contribution is 2.38. The Morgan fingerprint density at radius 3 is 2.47 bits per heavy atom. The van der Waals surface area contributed by atoms with Crippen LogP contribution in [0, 0.1) is 6.92 Å². The summed E-state index contributed by atoms with van der Waals surface area (Å²) in [5.74, 6) is 0. The summed E-state index contributed by atoms with van der Waals surface area (Å²) in [6, 6.07) is 9.22. The first-order chi connectivity index (χ1) is 9.27. The summed E-state index contributed by atoms with van der Waals surface area (Å²) >= 11 is 0. The van der Waals surface area contributed by atoms with Gasteiger partial charge in [0.1, 0.15) is 0 Å². The predicted molar refractivity (Wildman–Crippen MR) is 83.7 cm³/mol. The lowest BCUT2D eigenvalue weighted by Crippen LogP contribution is -2.38. The molecule has 1 aliphatic carbocycles. The third-order valence-corrected chi connectivity index (χ3v) is 4.58. The van der Waals surface area contributed by atoms with Crippen LogP contribution in [0.2, 0.25) is 0 Å². The number of benzene rings is 1. The van der Waals surface area contributed by atoms with Gasteiger partial charge in [0.05, 0.1) is 0 Å². The van der Waals surface area contributed by atoms with Gasteiger partial charge < -0.3 is 5.32 Å². The van der Waals surface area contributed by atoms with Crippen LogP contribution in [0.5, 0.6) is 0 Å². The quantitative estimate of drug-likeness (QED) is 0.602. The maximum atomic E-state index is 3.69. The van der Waals surface area contributed by atoms with E-state index in [1.807, 2.05) is 0 Å². The normalized spacial score (nSPS) is 19.1. The van der Waals surface area contributed by atoms with Crippen LogP contribution < -0.4 is 5.32 Å². The van der Waals surface area contributed by atoms with Crippen molar-refractivity contribution in [1.29, 1.82) is 0 Å². The second-order valence-electron chi connectivity index (χ2n) is 6.24. The fourth-order valence-corrected chi connectivity index (χ4v) is 3.45. The Morgan fingerprint density at radius 2 is 1.84 bits per heavy atom. The maximum Gasteiger partial charge on any atom is 0.00778 e. The molecule has 1 aromatic carbocycles. The molecule has 106 valence electrons. The Balaban J connectivity index is 2.21. The Morgan fingerprint density at radius 1 is 1.11 bits per heavy atom. The molecule has 1 heteroatoms. The van der Waals surface area contributed by atoms with Gasteiger partial charge in [-0.25, -0.2) is 0 Å². The summed E-state index contributed by atoms with van der Waals surface area (Å²) in [7, 11) is 0. The zero-order chi connectivity index (χ0) is 13.6. The van der Waals surface area contributed by atoms with Gasteiger partial charge in [0.2, 0.25) is 0 Å². The summed E-state index contributed by atoms with van der Waals surface area (Å²) in [6.45, 7) is 6.77. The van der Waals surface area contributed by atoms with E-state index in [4.69, 9.17) is 0 Å². The highest BCUT2D eigenvalue weighted by molar-refractivity contribution is 5.30. The molecule has 0 bridgehead atoms. The number of aryl methyl sites for hydroxylation is 1. The molecule has 1 N–H and O–H groups in total. The lowest BCUT2D eigenvalue weighted by Gasteiger charge is -2.34. The van der Waals surface area contributed by atoms with Crippen molar-refractivity contribution >= 4 is 0 Å². The summed E-state index contributed by atoms with van der Waals surface area (Å²) in [5.41, 5.74) is 3.35. The third kappa shape index (κ3) is 3.82. The van der Waals surface area contributed by atoms with Crippen LogP contribution >= 0.6 is 0 Å². The van der Waals surface area contributed by atoms with E-state index in [-0.39, 0.29) is 0 Å². The Bertz CT molecular complexity index is 375. The molecular weight excluding hydrogens is 230 g/mol. The van der Waals surface area contributed by atoms with E-state index >= 15 is 0 Å². The minimum absolute atomic E-state index is 0.387. The number of nitrogens with one attached hydrogen (secondary N) is 1. The zero-order valence-corrected chi connectivity index (χ0v) is 12.7. The molecule has 0 radical (unpaired) electrons. The van der Waals surface area contributed by atoms with Crippen LogP contribution in [0.25, 0.3) is 0 Å². The van der Waals surface area contributed by atoms with E-state index in [1.165, 1.54) is 50.5 Å². The molecule has 19 heavy (non-hydrogen) atoms. The van der Waals surface area contributed by atoms with Crippen molar-refractivity contribution in [3.05, 3.63) is 35.4 Å². The topological polar surface area (TPSA) is 12.0 Å². The van der Waals surface area contributed by atoms with Crippen LogP contribution in [0.3, 0.4) is 0 Å². The van der Waals surface area contributed by atoms with Crippen LogP contribution in [0.4, 0.5) is 0 Å². The van der Waals surface area contributed by atoms with Crippen LogP contribution in [0.15, 0.2) is 24.3 Å². The molecule has 0 heterocycles. The highest BCUT2D eigenvalue weighted by Gasteiger charge is 2.32. The fourth-order valence-electron chi connectivity index (χ4n) is 3.45. The second-order valence-corrected chi connectivity index (χ2v) is 6.24. The minimum atomic E-state index is 0.387. The van der Waals surface area contributed by atoms with Crippen molar-refractivity contribution in [3.8, 4) is 0 Å². The van der Waals surface area contributed by atoms with E-state index < -0.39 is 0 Å². The van der Waals surface area contributed by atoms with Crippen LogP contribution in [-0.4, -0.2) is 13.1 Å². The summed E-state index contributed by atoms with van der Waals surface area (Å²) in [4.78, 5) is 0. The first-order valence-electron chi connectivity index (χ1n) is 8.05. The van der Waals surface area contributed by atoms with E-state index in [0.29, 0.717) is 5.41 Å². The van der Waals surface area contributed by atoms with Gasteiger partial charge in [-0.2, -0.15) is 0 Å². The van der Waals surface area contributed by atoms with Crippen molar-refractivity contribution in [3.63, 3.8) is 0 Å². The largest absolute Gasteiger partial charge is 0.316 e. The highest BCUT2D eigenvalue weighted by atomic mass is 14.9. The summed E-state index contributed by atoms with van der Waals surface area (Å²) < 4.78 is 0. The molecule has 1 aromatic rings. The molecular formula is C18H29N. The maximum absolute atomic E-state index is 3.69. The van der Waals surface area contributed by atoms with Gasteiger partial charge in [0.15, 0.2) is 0 Å². The molecule has 0 spiro atoms. The number of rotatable bonds is 5. The number of hydrogen-bond acceptors (Lipinski definition) is 1. The predicted octanol–water partition coefficient (Wildman–Crippen LogP) is 4.59. The molecule has 0 amide bonds. The molecule has 1 saturated carbocycles. The van der Waals surface area contributed by atoms with E-state index in [0.717, 1.165) is 13.1 Å². The van der Waals surface area contributed by atoms with Crippen LogP contribution in [-0.2, 0) is 5.41 Å². The van der Waals surface area contributed by atoms with Crippen molar-refractivity contribution in [2.75, 3.05) is 13.1 Å². The Labute approximate surface area is 118 Å². The molecule has 0 atom stereocenters. The van der Waals surface area contributed by atoms with Crippen molar-refractivity contribution in [2.45, 2.75) is 64.2 Å². The van der Waals surface area contributed by atoms with Gasteiger partial charge in [0.25, 0.3) is 0 Å². The molecule has 0 saturated heterocycles. The van der Waals surface area contributed by atoms with E-state index in [9.17, 15) is 0 Å². The van der Waals surface area contributed by atoms with Gasteiger partial charge in [-0.05, 0) is 38.3 Å². The Hall–Kier alpha value is -0.820. The Kier molecular flexibility index (Phi) is 5.45. The summed E-state index contributed by atoms with van der Waals surface area (Å²) in [6.07, 6.45) is 9.55. The summed E-state index contributed by atoms with van der Waals surface area (Å²) in [5, 5.41) is 3.69. The molecule has 1 fully saturated rings. The third-order valence-electron chi connectivity index (χ3n) is 4.58. The first-order valence-corrected chi connectivity index (χ1v) is 8.05. The number of hydrogen-bond donors (Lipinski definition) is 1. The fraction of sp³-hybridized carbons (Fsp3) is 0.667. The standard InChI is InChI=1S/C18H29N/c1-3-13-19-15-18(11-6-4-5-7-12-18)17-10-8-9-16(2)14-17/h8-10,14,19H,3-7,11-13,15H2,1-2H3. The van der Waals surface area contributed by atoms with Gasteiger partial charge >= 0.3 is 0 Å².